The highest BCUT2D eigenvalue weighted by Gasteiger charge is 2.19. The lowest BCUT2D eigenvalue weighted by molar-refractivity contribution is -0.884. The maximum Gasteiger partial charge on any atom is 0.264 e. The molecular weight excluding hydrogens is 300 g/mol. The molecule has 5 heteroatoms. The topological polar surface area (TPSA) is 54.8 Å². The first kappa shape index (κ1) is 14.4. The van der Waals surface area contributed by atoms with Crippen LogP contribution in [-0.4, -0.2) is 20.0 Å². The molecule has 118 valence electrons. The predicted molar refractivity (Wildman–Crippen MR) is 89.8 cm³/mol. The van der Waals surface area contributed by atoms with Gasteiger partial charge in [0.25, 0.3) is 5.52 Å². The van der Waals surface area contributed by atoms with E-state index in [4.69, 9.17) is 0 Å². The summed E-state index contributed by atoms with van der Waals surface area (Å²) in [5.41, 5.74) is 3.99. The first-order chi connectivity index (χ1) is 11.7. The summed E-state index contributed by atoms with van der Waals surface area (Å²) in [5.74, 6) is 0. The van der Waals surface area contributed by atoms with Crippen molar-refractivity contribution in [2.24, 2.45) is 0 Å². The van der Waals surface area contributed by atoms with E-state index in [1.165, 1.54) is 4.73 Å². The fourth-order valence-electron chi connectivity index (χ4n) is 3.10. The van der Waals surface area contributed by atoms with Crippen LogP contribution in [0.1, 0.15) is 22.7 Å². The monoisotopic (exact) mass is 317 g/mol. The van der Waals surface area contributed by atoms with E-state index in [2.05, 4.69) is 34.3 Å². The molecule has 0 saturated heterocycles. The van der Waals surface area contributed by atoms with Gasteiger partial charge in [-0.1, -0.05) is 30.3 Å². The van der Waals surface area contributed by atoms with Crippen LogP contribution in [0, 0.1) is 6.92 Å². The molecule has 2 heterocycles. The third kappa shape index (κ3) is 2.50. The van der Waals surface area contributed by atoms with Crippen LogP contribution < -0.4 is 4.73 Å². The van der Waals surface area contributed by atoms with E-state index in [0.717, 1.165) is 27.6 Å². The highest BCUT2D eigenvalue weighted by Crippen LogP contribution is 2.27. The number of pyridine rings is 1. The van der Waals surface area contributed by atoms with E-state index < -0.39 is 0 Å². The summed E-state index contributed by atoms with van der Waals surface area (Å²) in [4.78, 5) is 4.09. The molecule has 0 amide bonds. The zero-order valence-corrected chi connectivity index (χ0v) is 13.2. The number of hydrogen-bond donors (Lipinski definition) is 1. The number of nitrogens with zero attached hydrogens (tertiary/aromatic N) is 4. The standard InChI is InChI=1S/C19H17N4O/c1-14-9-17-10-16(7-8-18(17)23(24)11-14)19(22-13-20-12-21-22)15-5-3-2-4-6-15/h2-13,19,24H,1H3/q+1. The Morgan fingerprint density at radius 1 is 1.04 bits per heavy atom. The average Bonchev–Trinajstić information content (AvgIpc) is 3.10. The molecule has 5 nitrogen and oxygen atoms in total. The van der Waals surface area contributed by atoms with Gasteiger partial charge in [-0.2, -0.15) is 5.10 Å². The van der Waals surface area contributed by atoms with Crippen LogP contribution in [0.4, 0.5) is 0 Å². The average molecular weight is 317 g/mol. The fourth-order valence-corrected chi connectivity index (χ4v) is 3.10. The van der Waals surface area contributed by atoms with Gasteiger partial charge in [0.2, 0.25) is 6.20 Å². The van der Waals surface area contributed by atoms with Gasteiger partial charge in [-0.25, -0.2) is 9.67 Å². The van der Waals surface area contributed by atoms with Crippen molar-refractivity contribution in [3.8, 4) is 0 Å². The van der Waals surface area contributed by atoms with Gasteiger partial charge >= 0.3 is 0 Å². The van der Waals surface area contributed by atoms with E-state index in [1.54, 1.807) is 18.9 Å². The van der Waals surface area contributed by atoms with Gasteiger partial charge in [0.05, 0.1) is 5.39 Å². The lowest BCUT2D eigenvalue weighted by Crippen LogP contribution is -2.30. The molecular formula is C19H17N4O+. The first-order valence-corrected chi connectivity index (χ1v) is 7.76. The van der Waals surface area contributed by atoms with Crippen LogP contribution in [0.15, 0.2) is 73.4 Å². The van der Waals surface area contributed by atoms with Gasteiger partial charge in [0, 0.05) is 16.4 Å². The van der Waals surface area contributed by atoms with Crippen molar-refractivity contribution in [2.75, 3.05) is 0 Å². The fraction of sp³-hybridized carbons (Fsp3) is 0.105. The van der Waals surface area contributed by atoms with E-state index >= 15 is 0 Å². The van der Waals surface area contributed by atoms with E-state index in [0.29, 0.717) is 0 Å². The SMILES string of the molecule is Cc1cc2cc(C(c3ccccc3)n3cncn3)ccc2[n+](O)c1. The molecule has 24 heavy (non-hydrogen) atoms. The Morgan fingerprint density at radius 3 is 2.62 bits per heavy atom. The molecule has 0 aliphatic rings. The number of benzene rings is 2. The normalized spacial score (nSPS) is 12.4. The Balaban J connectivity index is 1.91. The second-order valence-corrected chi connectivity index (χ2v) is 5.87. The van der Waals surface area contributed by atoms with Crippen molar-refractivity contribution in [2.45, 2.75) is 13.0 Å². The van der Waals surface area contributed by atoms with Gasteiger partial charge in [-0.15, -0.1) is 0 Å². The molecule has 4 aromatic rings. The van der Waals surface area contributed by atoms with Crippen molar-refractivity contribution in [1.29, 1.82) is 0 Å². The van der Waals surface area contributed by atoms with Crippen molar-refractivity contribution >= 4 is 10.9 Å². The van der Waals surface area contributed by atoms with Crippen molar-refractivity contribution in [3.05, 3.63) is 90.1 Å². The van der Waals surface area contributed by atoms with Crippen LogP contribution >= 0.6 is 0 Å². The number of aryl methyl sites for hydroxylation is 1. The predicted octanol–water partition coefficient (Wildman–Crippen LogP) is 2.90. The smallest absolute Gasteiger partial charge is 0.264 e. The van der Waals surface area contributed by atoms with Crippen molar-refractivity contribution in [1.82, 2.24) is 14.8 Å². The maximum absolute atomic E-state index is 10.1. The van der Waals surface area contributed by atoms with Gasteiger partial charge < -0.3 is 0 Å². The van der Waals surface area contributed by atoms with E-state index in [9.17, 15) is 5.21 Å². The number of fused-ring (bicyclic) bond motifs is 1. The summed E-state index contributed by atoms with van der Waals surface area (Å²) >= 11 is 0. The summed E-state index contributed by atoms with van der Waals surface area (Å²) in [7, 11) is 0. The minimum atomic E-state index is -0.0641. The van der Waals surface area contributed by atoms with Gasteiger partial charge in [0.1, 0.15) is 18.7 Å². The van der Waals surface area contributed by atoms with Crippen molar-refractivity contribution in [3.63, 3.8) is 0 Å². The third-order valence-electron chi connectivity index (χ3n) is 4.14. The molecule has 0 fully saturated rings. The maximum atomic E-state index is 10.1. The van der Waals surface area contributed by atoms with E-state index in [1.807, 2.05) is 41.9 Å². The van der Waals surface area contributed by atoms with E-state index in [-0.39, 0.29) is 6.04 Å². The lowest BCUT2D eigenvalue weighted by Gasteiger charge is -2.18. The molecule has 0 spiro atoms. The second-order valence-electron chi connectivity index (χ2n) is 5.87. The highest BCUT2D eigenvalue weighted by atomic mass is 16.5. The molecule has 2 aromatic heterocycles. The molecule has 1 N–H and O–H groups in total. The molecule has 0 saturated carbocycles. The molecule has 1 atom stereocenters. The zero-order valence-electron chi connectivity index (χ0n) is 13.2. The van der Waals surface area contributed by atoms with Gasteiger partial charge in [-0.05, 0) is 36.2 Å². The summed E-state index contributed by atoms with van der Waals surface area (Å²) < 4.78 is 3.01. The Hall–Kier alpha value is -3.21. The largest absolute Gasteiger partial charge is 0.285 e. The molecule has 0 aliphatic carbocycles. The number of rotatable bonds is 3. The Bertz CT molecular complexity index is 981. The first-order valence-electron chi connectivity index (χ1n) is 7.76. The second kappa shape index (κ2) is 5.77. The van der Waals surface area contributed by atoms with Crippen molar-refractivity contribution < 1.29 is 9.94 Å². The van der Waals surface area contributed by atoms with Crippen LogP contribution in [0.2, 0.25) is 0 Å². The Kier molecular flexibility index (Phi) is 3.46. The zero-order chi connectivity index (χ0) is 16.5. The minimum Gasteiger partial charge on any atom is -0.285 e. The third-order valence-corrected chi connectivity index (χ3v) is 4.14. The molecule has 4 rings (SSSR count). The quantitative estimate of drug-likeness (QED) is 0.467. The molecule has 0 aliphatic heterocycles. The Morgan fingerprint density at radius 2 is 1.88 bits per heavy atom. The minimum absolute atomic E-state index is 0.0641. The van der Waals surface area contributed by atoms with Crippen LogP contribution in [-0.2, 0) is 0 Å². The lowest BCUT2D eigenvalue weighted by atomic mass is 9.97. The summed E-state index contributed by atoms with van der Waals surface area (Å²) in [5, 5.41) is 15.4. The number of hydrogen-bond acceptors (Lipinski definition) is 3. The molecule has 0 bridgehead atoms. The van der Waals surface area contributed by atoms with Crippen LogP contribution in [0.25, 0.3) is 10.9 Å². The molecule has 2 aromatic carbocycles. The summed E-state index contributed by atoms with van der Waals surface area (Å²) in [6, 6.07) is 18.2. The van der Waals surface area contributed by atoms with Crippen LogP contribution in [0.3, 0.4) is 0 Å². The summed E-state index contributed by atoms with van der Waals surface area (Å²) in [6.45, 7) is 1.96. The van der Waals surface area contributed by atoms with Crippen LogP contribution in [0.5, 0.6) is 0 Å². The molecule has 0 radical (unpaired) electrons. The molecule has 1 unspecified atom stereocenters. The number of aromatic nitrogens is 4. The Labute approximate surface area is 139 Å². The summed E-state index contributed by atoms with van der Waals surface area (Å²) in [6.07, 6.45) is 4.97. The van der Waals surface area contributed by atoms with Gasteiger partial charge in [0.15, 0.2) is 0 Å². The highest BCUT2D eigenvalue weighted by molar-refractivity contribution is 5.77. The van der Waals surface area contributed by atoms with Gasteiger partial charge in [-0.3, -0.25) is 5.21 Å².